The smallest absolute Gasteiger partial charge is 0.160 e. The fraction of sp³-hybridized carbons (Fsp3) is 0.545. The normalized spacial score (nSPS) is 10.2. The Morgan fingerprint density at radius 3 is 2.92 bits per heavy atom. The molecule has 0 amide bonds. The van der Waals surface area contributed by atoms with Crippen LogP contribution in [0.15, 0.2) is 11.4 Å². The first-order valence-corrected chi connectivity index (χ1v) is 5.78. The number of rotatable bonds is 6. The van der Waals surface area contributed by atoms with Crippen molar-refractivity contribution in [2.24, 2.45) is 0 Å². The maximum absolute atomic E-state index is 10.6. The molecule has 72 valence electrons. The summed E-state index contributed by atoms with van der Waals surface area (Å²) in [5.74, 6) is 0. The molecule has 1 heterocycles. The molecule has 0 N–H and O–H groups in total. The van der Waals surface area contributed by atoms with E-state index in [2.05, 4.69) is 13.0 Å². The molecule has 0 aliphatic heterocycles. The van der Waals surface area contributed by atoms with Gasteiger partial charge >= 0.3 is 0 Å². The molecule has 1 rings (SSSR count). The second-order valence-electron chi connectivity index (χ2n) is 3.24. The summed E-state index contributed by atoms with van der Waals surface area (Å²) in [6, 6.07) is 2.07. The van der Waals surface area contributed by atoms with Gasteiger partial charge in [-0.1, -0.05) is 26.2 Å². The maximum Gasteiger partial charge on any atom is 0.160 e. The van der Waals surface area contributed by atoms with Crippen LogP contribution in [0.4, 0.5) is 0 Å². The van der Waals surface area contributed by atoms with E-state index in [0.29, 0.717) is 0 Å². The molecular formula is C11H16OS. The number of hydrogen-bond acceptors (Lipinski definition) is 2. The van der Waals surface area contributed by atoms with Gasteiger partial charge in [-0.3, -0.25) is 4.79 Å². The van der Waals surface area contributed by atoms with Gasteiger partial charge in [-0.05, 0) is 29.9 Å². The number of thiophene rings is 1. The molecule has 0 spiro atoms. The van der Waals surface area contributed by atoms with E-state index < -0.39 is 0 Å². The topological polar surface area (TPSA) is 17.1 Å². The number of aldehydes is 1. The van der Waals surface area contributed by atoms with E-state index in [0.717, 1.165) is 17.6 Å². The molecule has 0 aliphatic carbocycles. The second kappa shape index (κ2) is 5.92. The Balaban J connectivity index is 2.31. The van der Waals surface area contributed by atoms with Gasteiger partial charge in [-0.25, -0.2) is 0 Å². The minimum Gasteiger partial charge on any atom is -0.297 e. The summed E-state index contributed by atoms with van der Waals surface area (Å²) in [4.78, 5) is 11.5. The Labute approximate surface area is 83.8 Å². The van der Waals surface area contributed by atoms with Crippen LogP contribution in [0.3, 0.4) is 0 Å². The molecule has 0 saturated carbocycles. The molecule has 0 atom stereocenters. The van der Waals surface area contributed by atoms with Crippen LogP contribution in [0.1, 0.15) is 47.8 Å². The van der Waals surface area contributed by atoms with Gasteiger partial charge in [-0.15, -0.1) is 11.3 Å². The molecule has 0 radical (unpaired) electrons. The third-order valence-corrected chi connectivity index (χ3v) is 3.07. The third-order valence-electron chi connectivity index (χ3n) is 2.19. The highest BCUT2D eigenvalue weighted by Gasteiger charge is 2.01. The number of carbonyl (C=O) groups excluding carboxylic acids is 1. The summed E-state index contributed by atoms with van der Waals surface area (Å²) in [7, 11) is 0. The van der Waals surface area contributed by atoms with Gasteiger partial charge in [0.15, 0.2) is 6.29 Å². The van der Waals surface area contributed by atoms with Crippen molar-refractivity contribution in [3.8, 4) is 0 Å². The molecule has 0 fully saturated rings. The van der Waals surface area contributed by atoms with Crippen LogP contribution in [0.25, 0.3) is 0 Å². The van der Waals surface area contributed by atoms with Crippen molar-refractivity contribution in [2.75, 3.05) is 0 Å². The van der Waals surface area contributed by atoms with Crippen molar-refractivity contribution in [3.63, 3.8) is 0 Å². The van der Waals surface area contributed by atoms with Crippen LogP contribution < -0.4 is 0 Å². The predicted octanol–water partition coefficient (Wildman–Crippen LogP) is 3.68. The number of carbonyl (C=O) groups is 1. The summed E-state index contributed by atoms with van der Waals surface area (Å²) >= 11 is 1.55. The van der Waals surface area contributed by atoms with Crippen LogP contribution in [0, 0.1) is 0 Å². The lowest BCUT2D eigenvalue weighted by molar-refractivity contribution is 0.112. The standard InChI is InChI=1S/C11H16OS/c1-2-3-4-5-6-10-7-8-13-11(10)9-12/h7-9H,2-6H2,1H3. The molecule has 0 bridgehead atoms. The van der Waals surface area contributed by atoms with E-state index in [-0.39, 0.29) is 0 Å². The van der Waals surface area contributed by atoms with Crippen LogP contribution in [0.5, 0.6) is 0 Å². The Morgan fingerprint density at radius 1 is 1.38 bits per heavy atom. The van der Waals surface area contributed by atoms with Gasteiger partial charge in [0.2, 0.25) is 0 Å². The molecule has 13 heavy (non-hydrogen) atoms. The summed E-state index contributed by atoms with van der Waals surface area (Å²) < 4.78 is 0. The highest BCUT2D eigenvalue weighted by atomic mass is 32.1. The minimum atomic E-state index is 0.913. The van der Waals surface area contributed by atoms with Gasteiger partial charge in [0, 0.05) is 0 Å². The summed E-state index contributed by atoms with van der Waals surface area (Å²) in [6.07, 6.45) is 7.11. The maximum atomic E-state index is 10.6. The lowest BCUT2D eigenvalue weighted by Crippen LogP contribution is -1.87. The Morgan fingerprint density at radius 2 is 2.23 bits per heavy atom. The van der Waals surface area contributed by atoms with Crippen LogP contribution in [-0.2, 0) is 6.42 Å². The minimum absolute atomic E-state index is 0.913. The second-order valence-corrected chi connectivity index (χ2v) is 4.19. The molecular weight excluding hydrogens is 180 g/mol. The molecule has 1 aromatic rings. The summed E-state index contributed by atoms with van der Waals surface area (Å²) in [5.41, 5.74) is 1.23. The first-order valence-electron chi connectivity index (χ1n) is 4.90. The zero-order valence-corrected chi connectivity index (χ0v) is 8.90. The van der Waals surface area contributed by atoms with E-state index in [1.54, 1.807) is 11.3 Å². The van der Waals surface area contributed by atoms with Gasteiger partial charge in [0.05, 0.1) is 4.88 Å². The number of aryl methyl sites for hydroxylation is 1. The zero-order valence-electron chi connectivity index (χ0n) is 8.08. The van der Waals surface area contributed by atoms with Crippen LogP contribution in [0.2, 0.25) is 0 Å². The first-order chi connectivity index (χ1) is 6.38. The molecule has 1 nitrogen and oxygen atoms in total. The summed E-state index contributed by atoms with van der Waals surface area (Å²) in [5, 5.41) is 2.00. The largest absolute Gasteiger partial charge is 0.297 e. The van der Waals surface area contributed by atoms with Crippen molar-refractivity contribution < 1.29 is 4.79 Å². The van der Waals surface area contributed by atoms with Crippen molar-refractivity contribution in [1.82, 2.24) is 0 Å². The first kappa shape index (κ1) is 10.5. The molecule has 2 heteroatoms. The van der Waals surface area contributed by atoms with Crippen molar-refractivity contribution in [2.45, 2.75) is 39.0 Å². The molecule has 0 saturated heterocycles. The van der Waals surface area contributed by atoms with E-state index >= 15 is 0 Å². The number of unbranched alkanes of at least 4 members (excludes halogenated alkanes) is 3. The van der Waals surface area contributed by atoms with Crippen LogP contribution in [-0.4, -0.2) is 6.29 Å². The monoisotopic (exact) mass is 196 g/mol. The fourth-order valence-electron chi connectivity index (χ4n) is 1.40. The predicted molar refractivity (Wildman–Crippen MR) is 57.6 cm³/mol. The van der Waals surface area contributed by atoms with E-state index in [1.165, 1.54) is 31.2 Å². The lowest BCUT2D eigenvalue weighted by atomic mass is 10.1. The fourth-order valence-corrected chi connectivity index (χ4v) is 2.16. The quantitative estimate of drug-likeness (QED) is 0.501. The molecule has 0 aromatic carbocycles. The average molecular weight is 196 g/mol. The highest BCUT2D eigenvalue weighted by Crippen LogP contribution is 2.17. The van der Waals surface area contributed by atoms with Gasteiger partial charge in [0.25, 0.3) is 0 Å². The SMILES string of the molecule is CCCCCCc1ccsc1C=O. The lowest BCUT2D eigenvalue weighted by Gasteiger charge is -1.98. The Kier molecular flexibility index (Phi) is 4.76. The summed E-state index contributed by atoms with van der Waals surface area (Å²) in [6.45, 7) is 2.21. The number of hydrogen-bond donors (Lipinski definition) is 0. The molecule has 0 unspecified atom stereocenters. The van der Waals surface area contributed by atoms with Gasteiger partial charge in [0.1, 0.15) is 0 Å². The van der Waals surface area contributed by atoms with E-state index in [9.17, 15) is 4.79 Å². The van der Waals surface area contributed by atoms with E-state index in [4.69, 9.17) is 0 Å². The van der Waals surface area contributed by atoms with Crippen molar-refractivity contribution in [3.05, 3.63) is 21.9 Å². The van der Waals surface area contributed by atoms with Gasteiger partial charge < -0.3 is 0 Å². The highest BCUT2D eigenvalue weighted by molar-refractivity contribution is 7.11. The van der Waals surface area contributed by atoms with Crippen molar-refractivity contribution in [1.29, 1.82) is 0 Å². The van der Waals surface area contributed by atoms with E-state index in [1.807, 2.05) is 5.38 Å². The van der Waals surface area contributed by atoms with Gasteiger partial charge in [-0.2, -0.15) is 0 Å². The average Bonchev–Trinajstić information content (AvgIpc) is 2.60. The Hall–Kier alpha value is -0.630. The molecule has 1 aromatic heterocycles. The third kappa shape index (κ3) is 3.31. The molecule has 0 aliphatic rings. The Bertz CT molecular complexity index is 252. The van der Waals surface area contributed by atoms with Crippen molar-refractivity contribution >= 4 is 17.6 Å². The zero-order chi connectivity index (χ0) is 9.52. The van der Waals surface area contributed by atoms with Crippen LogP contribution >= 0.6 is 11.3 Å².